The van der Waals surface area contributed by atoms with Gasteiger partial charge >= 0.3 is 5.97 Å². The van der Waals surface area contributed by atoms with E-state index < -0.39 is 5.97 Å². The van der Waals surface area contributed by atoms with Crippen molar-refractivity contribution in [3.63, 3.8) is 0 Å². The fourth-order valence-corrected chi connectivity index (χ4v) is 1.86. The molecule has 1 aromatic carbocycles. The van der Waals surface area contributed by atoms with Gasteiger partial charge in [0.1, 0.15) is 0 Å². The number of aromatic nitrogens is 4. The molecule has 1 N–H and O–H groups in total. The predicted molar refractivity (Wildman–Crippen MR) is 64.1 cm³/mol. The molecule has 0 spiro atoms. The molecule has 1 heterocycles. The van der Waals surface area contributed by atoms with Crippen molar-refractivity contribution in [2.45, 2.75) is 19.3 Å². The molecule has 2 aromatic rings. The first-order valence-corrected chi connectivity index (χ1v) is 5.58. The van der Waals surface area contributed by atoms with Crippen LogP contribution in [0.15, 0.2) is 24.3 Å². The van der Waals surface area contributed by atoms with E-state index in [0.29, 0.717) is 5.82 Å². The number of carboxylic acids is 1. The van der Waals surface area contributed by atoms with E-state index in [9.17, 15) is 4.79 Å². The molecule has 1 atom stereocenters. The van der Waals surface area contributed by atoms with Crippen LogP contribution in [-0.4, -0.2) is 31.3 Å². The van der Waals surface area contributed by atoms with Crippen molar-refractivity contribution in [1.29, 1.82) is 0 Å². The van der Waals surface area contributed by atoms with Crippen molar-refractivity contribution in [2.24, 2.45) is 7.05 Å². The molecule has 0 aliphatic carbocycles. The summed E-state index contributed by atoms with van der Waals surface area (Å²) in [5.74, 6) is -0.810. The molecule has 6 heteroatoms. The van der Waals surface area contributed by atoms with E-state index in [4.69, 9.17) is 5.11 Å². The van der Waals surface area contributed by atoms with Gasteiger partial charge in [-0.05, 0) is 17.7 Å². The lowest BCUT2D eigenvalue weighted by molar-refractivity contribution is -0.137. The van der Waals surface area contributed by atoms with E-state index in [1.54, 1.807) is 7.05 Å². The largest absolute Gasteiger partial charge is 0.481 e. The van der Waals surface area contributed by atoms with Gasteiger partial charge in [-0.15, -0.1) is 10.2 Å². The number of aliphatic carboxylic acids is 1. The first-order valence-electron chi connectivity index (χ1n) is 5.58. The number of benzene rings is 1. The molecule has 6 nitrogen and oxygen atoms in total. The molecule has 18 heavy (non-hydrogen) atoms. The molecule has 0 bridgehead atoms. The lowest BCUT2D eigenvalue weighted by Crippen LogP contribution is -2.10. The van der Waals surface area contributed by atoms with Crippen LogP contribution in [0.5, 0.6) is 0 Å². The lowest BCUT2D eigenvalue weighted by atomic mass is 9.94. The summed E-state index contributed by atoms with van der Waals surface area (Å²) < 4.78 is 0. The van der Waals surface area contributed by atoms with Gasteiger partial charge in [-0.3, -0.25) is 4.79 Å². The van der Waals surface area contributed by atoms with Crippen LogP contribution in [0.1, 0.15) is 29.3 Å². The Balaban J connectivity index is 2.39. The Morgan fingerprint density at radius 2 is 2.28 bits per heavy atom. The standard InChI is InChI=1S/C12H14N4O2/c1-8-4-3-5-9(6-8)10(7-11(17)18)12-13-15-16(2)14-12/h3-6,10H,7H2,1-2H3,(H,17,18). The van der Waals surface area contributed by atoms with Crippen LogP contribution in [0.25, 0.3) is 0 Å². The molecule has 0 saturated carbocycles. The van der Waals surface area contributed by atoms with Gasteiger partial charge in [-0.1, -0.05) is 29.8 Å². The second kappa shape index (κ2) is 4.95. The van der Waals surface area contributed by atoms with E-state index in [-0.39, 0.29) is 12.3 Å². The lowest BCUT2D eigenvalue weighted by Gasteiger charge is -2.11. The van der Waals surface area contributed by atoms with Gasteiger partial charge in [0.05, 0.1) is 19.4 Å². The van der Waals surface area contributed by atoms with Crippen LogP contribution >= 0.6 is 0 Å². The number of hydrogen-bond donors (Lipinski definition) is 1. The Kier molecular flexibility index (Phi) is 3.36. The van der Waals surface area contributed by atoms with Gasteiger partial charge in [0.25, 0.3) is 0 Å². The third-order valence-electron chi connectivity index (χ3n) is 2.66. The second-order valence-corrected chi connectivity index (χ2v) is 4.20. The van der Waals surface area contributed by atoms with Crippen LogP contribution in [0.4, 0.5) is 0 Å². The van der Waals surface area contributed by atoms with Crippen molar-refractivity contribution in [3.05, 3.63) is 41.2 Å². The average molecular weight is 246 g/mol. The van der Waals surface area contributed by atoms with Gasteiger partial charge in [0, 0.05) is 0 Å². The summed E-state index contributed by atoms with van der Waals surface area (Å²) >= 11 is 0. The van der Waals surface area contributed by atoms with E-state index in [1.165, 1.54) is 4.80 Å². The highest BCUT2D eigenvalue weighted by Crippen LogP contribution is 2.25. The Bertz CT molecular complexity index is 565. The number of tetrazole rings is 1. The summed E-state index contributed by atoms with van der Waals surface area (Å²) in [5.41, 5.74) is 1.97. The van der Waals surface area contributed by atoms with E-state index in [2.05, 4.69) is 15.4 Å². The summed E-state index contributed by atoms with van der Waals surface area (Å²) in [6.45, 7) is 1.96. The maximum absolute atomic E-state index is 11.0. The van der Waals surface area contributed by atoms with Gasteiger partial charge < -0.3 is 5.11 Å². The topological polar surface area (TPSA) is 80.9 Å². The van der Waals surface area contributed by atoms with Crippen molar-refractivity contribution in [1.82, 2.24) is 20.2 Å². The minimum atomic E-state index is -0.881. The Labute approximate surface area is 104 Å². The summed E-state index contributed by atoms with van der Waals surface area (Å²) in [4.78, 5) is 12.3. The van der Waals surface area contributed by atoms with E-state index in [1.807, 2.05) is 31.2 Å². The van der Waals surface area contributed by atoms with Gasteiger partial charge in [-0.2, -0.15) is 4.80 Å². The minimum Gasteiger partial charge on any atom is -0.481 e. The quantitative estimate of drug-likeness (QED) is 0.874. The van der Waals surface area contributed by atoms with Crippen molar-refractivity contribution < 1.29 is 9.90 Å². The third-order valence-corrected chi connectivity index (χ3v) is 2.66. The molecule has 0 saturated heterocycles. The summed E-state index contributed by atoms with van der Waals surface area (Å²) in [5, 5.41) is 20.8. The average Bonchev–Trinajstić information content (AvgIpc) is 2.72. The first-order chi connectivity index (χ1) is 8.56. The van der Waals surface area contributed by atoms with Crippen LogP contribution < -0.4 is 0 Å². The Morgan fingerprint density at radius 1 is 1.50 bits per heavy atom. The molecule has 94 valence electrons. The van der Waals surface area contributed by atoms with Crippen LogP contribution in [0.2, 0.25) is 0 Å². The molecular formula is C12H14N4O2. The van der Waals surface area contributed by atoms with Crippen LogP contribution in [-0.2, 0) is 11.8 Å². The van der Waals surface area contributed by atoms with Crippen molar-refractivity contribution >= 4 is 5.97 Å². The molecule has 0 aliphatic rings. The highest BCUT2D eigenvalue weighted by atomic mass is 16.4. The number of carboxylic acid groups (broad SMARTS) is 1. The molecule has 1 unspecified atom stereocenters. The number of nitrogens with zero attached hydrogens (tertiary/aromatic N) is 4. The third kappa shape index (κ3) is 2.71. The number of hydrogen-bond acceptors (Lipinski definition) is 4. The summed E-state index contributed by atoms with van der Waals surface area (Å²) in [7, 11) is 1.66. The van der Waals surface area contributed by atoms with Crippen molar-refractivity contribution in [2.75, 3.05) is 0 Å². The molecule has 0 radical (unpaired) electrons. The SMILES string of the molecule is Cc1cccc(C(CC(=O)O)c2nnn(C)n2)c1. The maximum Gasteiger partial charge on any atom is 0.304 e. The van der Waals surface area contributed by atoms with Crippen molar-refractivity contribution in [3.8, 4) is 0 Å². The zero-order valence-electron chi connectivity index (χ0n) is 10.2. The number of aryl methyl sites for hydroxylation is 2. The first kappa shape index (κ1) is 12.2. The smallest absolute Gasteiger partial charge is 0.304 e. The highest BCUT2D eigenvalue weighted by molar-refractivity contribution is 5.68. The van der Waals surface area contributed by atoms with Gasteiger partial charge in [-0.25, -0.2) is 0 Å². The fraction of sp³-hybridized carbons (Fsp3) is 0.333. The molecule has 2 rings (SSSR count). The highest BCUT2D eigenvalue weighted by Gasteiger charge is 2.22. The van der Waals surface area contributed by atoms with E-state index in [0.717, 1.165) is 11.1 Å². The Morgan fingerprint density at radius 3 is 2.83 bits per heavy atom. The minimum absolute atomic E-state index is 0.0465. The molecule has 0 fully saturated rings. The molecule has 0 amide bonds. The van der Waals surface area contributed by atoms with Gasteiger partial charge in [0.15, 0.2) is 5.82 Å². The number of carbonyl (C=O) groups is 1. The monoisotopic (exact) mass is 246 g/mol. The predicted octanol–water partition coefficient (Wildman–Crippen LogP) is 1.13. The zero-order valence-corrected chi connectivity index (χ0v) is 10.2. The maximum atomic E-state index is 11.0. The zero-order chi connectivity index (χ0) is 13.1. The van der Waals surface area contributed by atoms with E-state index >= 15 is 0 Å². The normalized spacial score (nSPS) is 12.3. The molecule has 0 aliphatic heterocycles. The molecule has 1 aromatic heterocycles. The molecular weight excluding hydrogens is 232 g/mol. The van der Waals surface area contributed by atoms with Crippen LogP contribution in [0.3, 0.4) is 0 Å². The second-order valence-electron chi connectivity index (χ2n) is 4.20. The van der Waals surface area contributed by atoms with Gasteiger partial charge in [0.2, 0.25) is 0 Å². The fourth-order valence-electron chi connectivity index (χ4n) is 1.86. The Hall–Kier alpha value is -2.24. The van der Waals surface area contributed by atoms with Crippen LogP contribution in [0, 0.1) is 6.92 Å². The summed E-state index contributed by atoms with van der Waals surface area (Å²) in [6, 6.07) is 7.70. The number of rotatable bonds is 4. The summed E-state index contributed by atoms with van der Waals surface area (Å²) in [6.07, 6.45) is -0.0465.